The highest BCUT2D eigenvalue weighted by atomic mass is 19.1. The van der Waals surface area contributed by atoms with Gasteiger partial charge in [0.25, 0.3) is 5.91 Å². The summed E-state index contributed by atoms with van der Waals surface area (Å²) in [5.41, 5.74) is 7.87. The Hall–Kier alpha value is -3.88. The summed E-state index contributed by atoms with van der Waals surface area (Å²) >= 11 is 0. The zero-order valence-electron chi connectivity index (χ0n) is 17.0. The lowest BCUT2D eigenvalue weighted by atomic mass is 10.1. The van der Waals surface area contributed by atoms with Crippen molar-refractivity contribution in [3.05, 3.63) is 71.7 Å². The van der Waals surface area contributed by atoms with E-state index >= 15 is 0 Å². The van der Waals surface area contributed by atoms with Crippen molar-refractivity contribution in [2.24, 2.45) is 0 Å². The highest BCUT2D eigenvalue weighted by Crippen LogP contribution is 2.22. The molecule has 0 radical (unpaired) electrons. The molecule has 1 aliphatic heterocycles. The summed E-state index contributed by atoms with van der Waals surface area (Å²) in [6, 6.07) is 13.5. The molecule has 9 heteroatoms. The van der Waals surface area contributed by atoms with Crippen molar-refractivity contribution in [2.45, 2.75) is 0 Å². The lowest BCUT2D eigenvalue weighted by Crippen LogP contribution is -2.49. The van der Waals surface area contributed by atoms with E-state index in [1.54, 1.807) is 47.4 Å². The van der Waals surface area contributed by atoms with E-state index in [9.17, 15) is 14.0 Å². The fourth-order valence-electron chi connectivity index (χ4n) is 3.62. The largest absolute Gasteiger partial charge is 0.465 e. The second kappa shape index (κ2) is 8.47. The first-order valence-electron chi connectivity index (χ1n) is 9.80. The molecular formula is C22H22FN5O3. The number of esters is 1. The quantitative estimate of drug-likeness (QED) is 0.648. The Balaban J connectivity index is 1.43. The molecular weight excluding hydrogens is 401 g/mol. The van der Waals surface area contributed by atoms with Gasteiger partial charge in [-0.1, -0.05) is 12.1 Å². The van der Waals surface area contributed by atoms with Gasteiger partial charge in [0, 0.05) is 31.7 Å². The van der Waals surface area contributed by atoms with Gasteiger partial charge >= 0.3 is 5.97 Å². The van der Waals surface area contributed by atoms with E-state index in [4.69, 9.17) is 5.73 Å². The predicted octanol–water partition coefficient (Wildman–Crippen LogP) is 2.34. The SMILES string of the molecule is COC(=O)c1cnn(-c2ccc(C(=O)N3CCN(c4ccccc4F)CC3)cc2)c1N. The lowest BCUT2D eigenvalue weighted by molar-refractivity contribution is 0.0601. The molecule has 2 aromatic carbocycles. The highest BCUT2D eigenvalue weighted by Gasteiger charge is 2.24. The van der Waals surface area contributed by atoms with Crippen molar-refractivity contribution in [1.82, 2.24) is 14.7 Å². The number of para-hydroxylation sites is 1. The third kappa shape index (κ3) is 3.94. The molecule has 1 saturated heterocycles. The zero-order valence-corrected chi connectivity index (χ0v) is 17.0. The third-order valence-corrected chi connectivity index (χ3v) is 5.33. The Morgan fingerprint density at radius 2 is 1.71 bits per heavy atom. The van der Waals surface area contributed by atoms with Crippen LogP contribution in [0.2, 0.25) is 0 Å². The number of nitrogens with zero attached hydrogens (tertiary/aromatic N) is 4. The Morgan fingerprint density at radius 1 is 1.03 bits per heavy atom. The molecule has 0 spiro atoms. The number of nitrogens with two attached hydrogens (primary N) is 1. The second-order valence-electron chi connectivity index (χ2n) is 7.12. The first-order valence-corrected chi connectivity index (χ1v) is 9.80. The number of aromatic nitrogens is 2. The molecule has 2 heterocycles. The normalized spacial score (nSPS) is 13.9. The van der Waals surface area contributed by atoms with Crippen molar-refractivity contribution in [2.75, 3.05) is 43.9 Å². The molecule has 4 rings (SSSR count). The summed E-state index contributed by atoms with van der Waals surface area (Å²) < 4.78 is 20.1. The first-order chi connectivity index (χ1) is 15.0. The average molecular weight is 423 g/mol. The maximum Gasteiger partial charge on any atom is 0.343 e. The predicted molar refractivity (Wildman–Crippen MR) is 114 cm³/mol. The van der Waals surface area contributed by atoms with Gasteiger partial charge in [-0.05, 0) is 36.4 Å². The Morgan fingerprint density at radius 3 is 2.35 bits per heavy atom. The topological polar surface area (TPSA) is 93.7 Å². The van der Waals surface area contributed by atoms with Gasteiger partial charge in [-0.25, -0.2) is 13.9 Å². The van der Waals surface area contributed by atoms with Crippen LogP contribution in [0.15, 0.2) is 54.7 Å². The van der Waals surface area contributed by atoms with Crippen LogP contribution in [0.4, 0.5) is 15.9 Å². The molecule has 8 nitrogen and oxygen atoms in total. The number of benzene rings is 2. The van der Waals surface area contributed by atoms with Gasteiger partial charge < -0.3 is 20.3 Å². The van der Waals surface area contributed by atoms with Crippen molar-refractivity contribution >= 4 is 23.4 Å². The van der Waals surface area contributed by atoms with Crippen LogP contribution in [-0.2, 0) is 4.74 Å². The number of piperazine rings is 1. The van der Waals surface area contributed by atoms with Crippen LogP contribution in [0.5, 0.6) is 0 Å². The minimum Gasteiger partial charge on any atom is -0.465 e. The van der Waals surface area contributed by atoms with Gasteiger partial charge in [-0.3, -0.25) is 4.79 Å². The first kappa shape index (κ1) is 20.4. The second-order valence-corrected chi connectivity index (χ2v) is 7.12. The number of hydrogen-bond acceptors (Lipinski definition) is 6. The number of rotatable bonds is 4. The number of anilines is 2. The van der Waals surface area contributed by atoms with Crippen LogP contribution in [0.3, 0.4) is 0 Å². The number of amides is 1. The van der Waals surface area contributed by atoms with E-state index in [0.29, 0.717) is 43.1 Å². The molecule has 1 fully saturated rings. The fraction of sp³-hybridized carbons (Fsp3) is 0.227. The standard InChI is InChI=1S/C22H22FN5O3/c1-31-22(30)17-14-25-28(20(17)24)16-8-6-15(7-9-16)21(29)27-12-10-26(11-13-27)19-5-3-2-4-18(19)23/h2-9,14H,10-13,24H2,1H3. The minimum atomic E-state index is -0.565. The number of hydrogen-bond donors (Lipinski definition) is 1. The number of carbonyl (C=O) groups is 2. The molecule has 31 heavy (non-hydrogen) atoms. The maximum absolute atomic E-state index is 14.0. The van der Waals surface area contributed by atoms with Gasteiger partial charge in [0.2, 0.25) is 0 Å². The maximum atomic E-state index is 14.0. The summed E-state index contributed by atoms with van der Waals surface area (Å²) in [4.78, 5) is 28.3. The van der Waals surface area contributed by atoms with Crippen LogP contribution in [-0.4, -0.2) is 59.8 Å². The molecule has 1 aliphatic rings. The van der Waals surface area contributed by atoms with Crippen LogP contribution in [0, 0.1) is 5.82 Å². The molecule has 0 saturated carbocycles. The van der Waals surface area contributed by atoms with Gasteiger partial charge in [-0.2, -0.15) is 5.10 Å². The monoisotopic (exact) mass is 423 g/mol. The van der Waals surface area contributed by atoms with Gasteiger partial charge in [-0.15, -0.1) is 0 Å². The Kier molecular flexibility index (Phi) is 5.57. The summed E-state index contributed by atoms with van der Waals surface area (Å²) in [5.74, 6) is -0.755. The fourth-order valence-corrected chi connectivity index (χ4v) is 3.62. The summed E-state index contributed by atoms with van der Waals surface area (Å²) in [6.07, 6.45) is 1.34. The van der Waals surface area contributed by atoms with Gasteiger partial charge in [0.15, 0.2) is 0 Å². The average Bonchev–Trinajstić information content (AvgIpc) is 3.20. The van der Waals surface area contributed by atoms with Crippen LogP contribution in [0.25, 0.3) is 5.69 Å². The molecule has 1 aromatic heterocycles. The van der Waals surface area contributed by atoms with Gasteiger partial charge in [0.1, 0.15) is 17.2 Å². The minimum absolute atomic E-state index is 0.0941. The van der Waals surface area contributed by atoms with Crippen molar-refractivity contribution in [3.8, 4) is 5.69 Å². The van der Waals surface area contributed by atoms with Crippen molar-refractivity contribution in [1.29, 1.82) is 0 Å². The van der Waals surface area contributed by atoms with Crippen LogP contribution < -0.4 is 10.6 Å². The number of methoxy groups -OCH3 is 1. The molecule has 0 unspecified atom stereocenters. The van der Waals surface area contributed by atoms with E-state index < -0.39 is 5.97 Å². The Bertz CT molecular complexity index is 1100. The van der Waals surface area contributed by atoms with E-state index in [0.717, 1.165) is 0 Å². The molecule has 0 bridgehead atoms. The van der Waals surface area contributed by atoms with Crippen LogP contribution in [0.1, 0.15) is 20.7 Å². The summed E-state index contributed by atoms with van der Waals surface area (Å²) in [5, 5.41) is 4.12. The zero-order chi connectivity index (χ0) is 22.0. The number of halogens is 1. The summed E-state index contributed by atoms with van der Waals surface area (Å²) in [7, 11) is 1.27. The molecule has 3 aromatic rings. The van der Waals surface area contributed by atoms with E-state index in [1.165, 1.54) is 24.1 Å². The van der Waals surface area contributed by atoms with Crippen molar-refractivity contribution in [3.63, 3.8) is 0 Å². The number of carbonyl (C=O) groups excluding carboxylic acids is 2. The van der Waals surface area contributed by atoms with E-state index in [1.807, 2.05) is 4.90 Å². The molecule has 0 atom stereocenters. The molecule has 0 aliphatic carbocycles. The number of ether oxygens (including phenoxy) is 1. The van der Waals surface area contributed by atoms with Crippen LogP contribution >= 0.6 is 0 Å². The summed E-state index contributed by atoms with van der Waals surface area (Å²) in [6.45, 7) is 2.13. The van der Waals surface area contributed by atoms with Crippen molar-refractivity contribution < 1.29 is 18.7 Å². The molecule has 2 N–H and O–H groups in total. The molecule has 160 valence electrons. The van der Waals surface area contributed by atoms with E-state index in [2.05, 4.69) is 9.84 Å². The van der Waals surface area contributed by atoms with E-state index in [-0.39, 0.29) is 23.1 Å². The highest BCUT2D eigenvalue weighted by molar-refractivity contribution is 5.95. The number of nitrogen functional groups attached to an aromatic ring is 1. The third-order valence-electron chi connectivity index (χ3n) is 5.33. The lowest BCUT2D eigenvalue weighted by Gasteiger charge is -2.36. The smallest absolute Gasteiger partial charge is 0.343 e. The molecule has 1 amide bonds. The Labute approximate surface area is 178 Å². The van der Waals surface area contributed by atoms with Gasteiger partial charge in [0.05, 0.1) is 24.7 Å².